The van der Waals surface area contributed by atoms with Crippen LogP contribution in [0.15, 0.2) is 0 Å². The maximum Gasteiger partial charge on any atom is 4.00 e. The van der Waals surface area contributed by atoms with E-state index in [1.54, 1.807) is 11.8 Å². The van der Waals surface area contributed by atoms with Gasteiger partial charge in [0.05, 0.1) is 0 Å². The molecule has 2 saturated carbocycles. The second kappa shape index (κ2) is 12.6. The maximum absolute atomic E-state index is 2.48. The average molecular weight is 525 g/mol. The molecule has 2 aliphatic rings. The number of rotatable bonds is 4. The van der Waals surface area contributed by atoms with Crippen molar-refractivity contribution in [1.29, 1.82) is 0 Å². The normalized spacial score (nSPS) is 28.3. The molecule has 0 spiro atoms. The summed E-state index contributed by atoms with van der Waals surface area (Å²) >= 11 is 0. The van der Waals surface area contributed by atoms with E-state index in [9.17, 15) is 0 Å². The van der Waals surface area contributed by atoms with E-state index in [1.165, 1.54) is 38.5 Å². The first-order valence-corrected chi connectivity index (χ1v) is 11.2. The van der Waals surface area contributed by atoms with Gasteiger partial charge < -0.3 is 36.6 Å². The Morgan fingerprint density at radius 1 is 0.655 bits per heavy atom. The maximum atomic E-state index is 2.48. The van der Waals surface area contributed by atoms with Gasteiger partial charge >= 0.3 is 26.2 Å². The molecule has 0 aromatic rings. The van der Waals surface area contributed by atoms with Gasteiger partial charge in [-0.05, 0) is 22.7 Å². The summed E-state index contributed by atoms with van der Waals surface area (Å²) in [5.74, 6) is 4.97. The molecule has 0 N–H and O–H groups in total. The predicted molar refractivity (Wildman–Crippen MR) is 119 cm³/mol. The van der Waals surface area contributed by atoms with Gasteiger partial charge in [0.25, 0.3) is 0 Å². The third-order valence-electron chi connectivity index (χ3n) is 9.59. The summed E-state index contributed by atoms with van der Waals surface area (Å²) in [7, 11) is 0. The van der Waals surface area contributed by atoms with Crippen molar-refractivity contribution in [3.8, 4) is 0 Å². The summed E-state index contributed by atoms with van der Waals surface area (Å²) in [5, 5.41) is 0. The monoisotopic (exact) mass is 522 g/mol. The quantitative estimate of drug-likeness (QED) is 0.496. The van der Waals surface area contributed by atoms with Crippen LogP contribution in [0.3, 0.4) is 0 Å². The van der Waals surface area contributed by atoms with Crippen LogP contribution >= 0.6 is 0 Å². The first-order chi connectivity index (χ1) is 11.6. The molecule has 0 radical (unpaired) electrons. The van der Waals surface area contributed by atoms with Crippen LogP contribution in [0, 0.1) is 45.3 Å². The number of hydrogen-bond acceptors (Lipinski definition) is 0. The minimum Gasteiger partial charge on any atom is -1.00 e. The van der Waals surface area contributed by atoms with Crippen LogP contribution in [-0.4, -0.2) is 0 Å². The molecule has 0 nitrogen and oxygen atoms in total. The van der Waals surface area contributed by atoms with Gasteiger partial charge in [0.1, 0.15) is 0 Å². The molecule has 2 rings (SSSR count). The summed E-state index contributed by atoms with van der Waals surface area (Å²) in [5.41, 5.74) is 2.05. The van der Waals surface area contributed by atoms with Crippen molar-refractivity contribution < 1.29 is 51.0 Å². The Bertz CT molecular complexity index is 416. The summed E-state index contributed by atoms with van der Waals surface area (Å²) in [4.78, 5) is 0. The Labute approximate surface area is 216 Å². The first kappa shape index (κ1) is 35.1. The molecule has 0 aromatic heterocycles. The van der Waals surface area contributed by atoms with E-state index in [2.05, 4.69) is 83.1 Å². The summed E-state index contributed by atoms with van der Waals surface area (Å²) in [6, 6.07) is 0. The van der Waals surface area contributed by atoms with E-state index in [0.29, 0.717) is 21.7 Å². The molecule has 2 fully saturated rings. The van der Waals surface area contributed by atoms with Crippen molar-refractivity contribution in [2.24, 2.45) is 33.5 Å². The van der Waals surface area contributed by atoms with Gasteiger partial charge in [0, 0.05) is 0 Å². The largest absolute Gasteiger partial charge is 4.00 e. The SMILES string of the molecule is C[C-]1CCC(C)(C(C)(C)C(C)C)C1.C[C-]1CCC(C)(C(C)(C)C(C)C)C1.[Cl-].[Cl-].[Zr+4]. The molecule has 0 amide bonds. The second-order valence-electron chi connectivity index (χ2n) is 12.1. The zero-order valence-electron chi connectivity index (χ0n) is 21.7. The smallest absolute Gasteiger partial charge is 1.00 e. The van der Waals surface area contributed by atoms with Gasteiger partial charge in [0.2, 0.25) is 0 Å². The Morgan fingerprint density at radius 2 is 0.897 bits per heavy atom. The van der Waals surface area contributed by atoms with E-state index in [4.69, 9.17) is 0 Å². The molecule has 2 unspecified atom stereocenters. The van der Waals surface area contributed by atoms with Gasteiger partial charge in [-0.1, -0.05) is 92.9 Å². The van der Waals surface area contributed by atoms with Crippen LogP contribution in [0.4, 0.5) is 0 Å². The zero-order valence-corrected chi connectivity index (χ0v) is 25.6. The van der Waals surface area contributed by atoms with E-state index in [1.807, 2.05) is 0 Å². The fraction of sp³-hybridized carbons (Fsp3) is 0.923. The molecule has 0 aromatic carbocycles. The Morgan fingerprint density at radius 3 is 1.03 bits per heavy atom. The van der Waals surface area contributed by atoms with Crippen molar-refractivity contribution >= 4 is 0 Å². The Kier molecular flexibility index (Phi) is 15.3. The molecule has 0 saturated heterocycles. The van der Waals surface area contributed by atoms with Crippen molar-refractivity contribution in [2.75, 3.05) is 0 Å². The van der Waals surface area contributed by atoms with Gasteiger partial charge in [-0.3, -0.25) is 0 Å². The Hall–Kier alpha value is 1.46. The summed E-state index contributed by atoms with van der Waals surface area (Å²) in [6.45, 7) is 28.8. The molecule has 172 valence electrons. The zero-order chi connectivity index (χ0) is 20.6. The third-order valence-corrected chi connectivity index (χ3v) is 9.59. The molecule has 2 atom stereocenters. The van der Waals surface area contributed by atoms with Crippen molar-refractivity contribution in [3.63, 3.8) is 0 Å². The molecular formula is C26H50Cl2Zr. The molecule has 0 heterocycles. The van der Waals surface area contributed by atoms with E-state index in [-0.39, 0.29) is 51.0 Å². The fourth-order valence-electron chi connectivity index (χ4n) is 5.16. The standard InChI is InChI=1S/2C13H25.2ClH.Zr/c2*1-10(2)12(4,5)13(6)8-7-11(3)9-13;;;/h2*10H,7-9H2,1-6H3;2*1H;/q2*-1;;;+4/p-2. The third kappa shape index (κ3) is 7.77. The topological polar surface area (TPSA) is 0 Å². The van der Waals surface area contributed by atoms with Gasteiger partial charge in [0.15, 0.2) is 0 Å². The second-order valence-corrected chi connectivity index (χ2v) is 12.1. The van der Waals surface area contributed by atoms with Crippen molar-refractivity contribution in [1.82, 2.24) is 0 Å². The number of hydrogen-bond donors (Lipinski definition) is 0. The Balaban J connectivity index is -0.000000422. The molecule has 29 heavy (non-hydrogen) atoms. The van der Waals surface area contributed by atoms with Crippen LogP contribution in [0.1, 0.15) is 122 Å². The average Bonchev–Trinajstić information content (AvgIpc) is 3.03. The van der Waals surface area contributed by atoms with E-state index >= 15 is 0 Å². The van der Waals surface area contributed by atoms with Gasteiger partial charge in [-0.2, -0.15) is 39.5 Å². The summed E-state index contributed by atoms with van der Waals surface area (Å²) in [6.07, 6.45) is 8.18. The first-order valence-electron chi connectivity index (χ1n) is 11.2. The van der Waals surface area contributed by atoms with Gasteiger partial charge in [-0.15, -0.1) is 0 Å². The molecular weight excluding hydrogens is 474 g/mol. The van der Waals surface area contributed by atoms with E-state index < -0.39 is 0 Å². The van der Waals surface area contributed by atoms with Crippen molar-refractivity contribution in [3.05, 3.63) is 11.8 Å². The minimum atomic E-state index is 0. The molecule has 2 aliphatic carbocycles. The molecule has 0 aliphatic heterocycles. The van der Waals surface area contributed by atoms with Gasteiger partial charge in [-0.25, -0.2) is 0 Å². The van der Waals surface area contributed by atoms with Crippen LogP contribution in [0.5, 0.6) is 0 Å². The summed E-state index contributed by atoms with van der Waals surface area (Å²) < 4.78 is 0. The van der Waals surface area contributed by atoms with E-state index in [0.717, 1.165) is 11.8 Å². The van der Waals surface area contributed by atoms with Crippen LogP contribution < -0.4 is 24.8 Å². The van der Waals surface area contributed by atoms with Crippen LogP contribution in [0.2, 0.25) is 0 Å². The minimum absolute atomic E-state index is 0. The predicted octanol–water partition coefficient (Wildman–Crippen LogP) is 2.91. The number of halogens is 2. The van der Waals surface area contributed by atoms with Crippen molar-refractivity contribution in [2.45, 2.75) is 122 Å². The molecule has 0 bridgehead atoms. The van der Waals surface area contributed by atoms with Crippen LogP contribution in [0.25, 0.3) is 0 Å². The molecule has 3 heteroatoms. The fourth-order valence-corrected chi connectivity index (χ4v) is 5.16. The van der Waals surface area contributed by atoms with Crippen LogP contribution in [-0.2, 0) is 26.2 Å².